The molecule has 1 fully saturated rings. The largest absolute Gasteiger partial charge is 0.476 e. The fourth-order valence-corrected chi connectivity index (χ4v) is 2.71. The highest BCUT2D eigenvalue weighted by Crippen LogP contribution is 2.26. The van der Waals surface area contributed by atoms with Crippen LogP contribution in [0.1, 0.15) is 40.5 Å². The van der Waals surface area contributed by atoms with Crippen molar-refractivity contribution in [2.45, 2.75) is 25.8 Å². The van der Waals surface area contributed by atoms with E-state index in [9.17, 15) is 9.59 Å². The molecule has 1 saturated heterocycles. The molecule has 0 spiro atoms. The van der Waals surface area contributed by atoms with E-state index in [4.69, 9.17) is 5.11 Å². The van der Waals surface area contributed by atoms with Crippen molar-refractivity contribution in [1.29, 1.82) is 0 Å². The number of rotatable bonds is 4. The van der Waals surface area contributed by atoms with Gasteiger partial charge in [0.05, 0.1) is 18.2 Å². The summed E-state index contributed by atoms with van der Waals surface area (Å²) in [5.74, 6) is -1.22. The molecule has 0 saturated carbocycles. The molecule has 0 radical (unpaired) electrons. The smallest absolute Gasteiger partial charge is 0.358 e. The van der Waals surface area contributed by atoms with Crippen molar-refractivity contribution in [1.82, 2.24) is 19.9 Å². The average Bonchev–Trinajstić information content (AvgIpc) is 2.94. The van der Waals surface area contributed by atoms with Gasteiger partial charge in [0.25, 0.3) is 0 Å². The van der Waals surface area contributed by atoms with Crippen LogP contribution in [-0.4, -0.2) is 50.0 Å². The molecular weight excluding hydrogens is 296 g/mol. The Morgan fingerprint density at radius 1 is 1.35 bits per heavy atom. The summed E-state index contributed by atoms with van der Waals surface area (Å²) < 4.78 is 1.52. The molecule has 7 heteroatoms. The number of nitrogens with zero attached hydrogens (tertiary/aromatic N) is 4. The topological polar surface area (TPSA) is 88.3 Å². The molecule has 1 aromatic heterocycles. The second-order valence-electron chi connectivity index (χ2n) is 5.92. The molecule has 1 aliphatic rings. The maximum absolute atomic E-state index is 12.5. The average molecular weight is 314 g/mol. The van der Waals surface area contributed by atoms with Crippen LogP contribution in [0.4, 0.5) is 0 Å². The first-order valence-corrected chi connectivity index (χ1v) is 7.46. The van der Waals surface area contributed by atoms with Crippen molar-refractivity contribution in [3.63, 3.8) is 0 Å². The lowest BCUT2D eigenvalue weighted by Crippen LogP contribution is -2.52. The minimum Gasteiger partial charge on any atom is -0.476 e. The van der Waals surface area contributed by atoms with Crippen LogP contribution in [0.15, 0.2) is 30.5 Å². The highest BCUT2D eigenvalue weighted by Gasteiger charge is 2.35. The van der Waals surface area contributed by atoms with Crippen LogP contribution in [0, 0.1) is 6.92 Å². The van der Waals surface area contributed by atoms with Crippen LogP contribution in [-0.2, 0) is 4.79 Å². The van der Waals surface area contributed by atoms with Gasteiger partial charge >= 0.3 is 5.97 Å². The van der Waals surface area contributed by atoms with Crippen molar-refractivity contribution >= 4 is 11.9 Å². The fraction of sp³-hybridized carbons (Fsp3) is 0.375. The van der Waals surface area contributed by atoms with E-state index in [2.05, 4.69) is 10.3 Å². The first kappa shape index (κ1) is 15.2. The lowest BCUT2D eigenvalue weighted by atomic mass is 9.96. The van der Waals surface area contributed by atoms with E-state index >= 15 is 0 Å². The zero-order chi connectivity index (χ0) is 16.6. The minimum absolute atomic E-state index is 0.00994. The third-order valence-corrected chi connectivity index (χ3v) is 4.19. The quantitative estimate of drug-likeness (QED) is 0.923. The maximum Gasteiger partial charge on any atom is 0.358 e. The normalized spacial score (nSPS) is 16.0. The van der Waals surface area contributed by atoms with E-state index < -0.39 is 5.97 Å². The molecule has 23 heavy (non-hydrogen) atoms. The predicted octanol–water partition coefficient (Wildman–Crippen LogP) is 1.47. The third-order valence-electron chi connectivity index (χ3n) is 4.19. The molecule has 0 bridgehead atoms. The lowest BCUT2D eigenvalue weighted by molar-refractivity contribution is -0.138. The number of carbonyl (C=O) groups excluding carboxylic acids is 1. The molecule has 1 amide bonds. The molecule has 1 aliphatic heterocycles. The molecule has 0 unspecified atom stereocenters. The van der Waals surface area contributed by atoms with Gasteiger partial charge in [-0.2, -0.15) is 0 Å². The van der Waals surface area contributed by atoms with Crippen LogP contribution in [0.5, 0.6) is 0 Å². The van der Waals surface area contributed by atoms with Gasteiger partial charge in [-0.1, -0.05) is 35.0 Å². The summed E-state index contributed by atoms with van der Waals surface area (Å²) in [7, 11) is 0. The van der Waals surface area contributed by atoms with E-state index in [0.29, 0.717) is 13.1 Å². The summed E-state index contributed by atoms with van der Waals surface area (Å²) in [6.45, 7) is 4.96. The van der Waals surface area contributed by atoms with E-state index in [0.717, 1.165) is 11.1 Å². The van der Waals surface area contributed by atoms with Gasteiger partial charge in [0.2, 0.25) is 5.91 Å². The van der Waals surface area contributed by atoms with E-state index in [1.54, 1.807) is 4.90 Å². The van der Waals surface area contributed by atoms with Crippen LogP contribution in [0.3, 0.4) is 0 Å². The molecule has 120 valence electrons. The number of carboxylic acids is 1. The van der Waals surface area contributed by atoms with Crippen molar-refractivity contribution in [3.8, 4) is 0 Å². The number of carbonyl (C=O) groups is 2. The second-order valence-corrected chi connectivity index (χ2v) is 5.92. The molecule has 1 N–H and O–H groups in total. The molecule has 2 aromatic rings. The van der Waals surface area contributed by atoms with Gasteiger partial charge in [-0.05, 0) is 19.4 Å². The van der Waals surface area contributed by atoms with Gasteiger partial charge < -0.3 is 10.0 Å². The van der Waals surface area contributed by atoms with Crippen molar-refractivity contribution in [3.05, 3.63) is 47.3 Å². The lowest BCUT2D eigenvalue weighted by Gasteiger charge is -2.40. The van der Waals surface area contributed by atoms with Gasteiger partial charge in [-0.15, -0.1) is 5.10 Å². The molecular formula is C16H18N4O3. The zero-order valence-electron chi connectivity index (χ0n) is 13.0. The number of hydrogen-bond acceptors (Lipinski definition) is 4. The number of amides is 1. The molecule has 0 aliphatic carbocycles. The number of aromatic carboxylic acids is 1. The summed E-state index contributed by atoms with van der Waals surface area (Å²) in [5, 5.41) is 16.3. The third kappa shape index (κ3) is 2.94. The van der Waals surface area contributed by atoms with Crippen LogP contribution < -0.4 is 0 Å². The van der Waals surface area contributed by atoms with Gasteiger partial charge in [-0.3, -0.25) is 4.79 Å². The Hall–Kier alpha value is -2.70. The molecule has 3 rings (SSSR count). The number of hydrogen-bond donors (Lipinski definition) is 1. The van der Waals surface area contributed by atoms with Gasteiger partial charge in [0, 0.05) is 13.1 Å². The molecule has 1 atom stereocenters. The molecule has 2 heterocycles. The highest BCUT2D eigenvalue weighted by molar-refractivity contribution is 5.85. The maximum atomic E-state index is 12.5. The Labute approximate surface area is 133 Å². The predicted molar refractivity (Wildman–Crippen MR) is 82.2 cm³/mol. The highest BCUT2D eigenvalue weighted by atomic mass is 16.4. The Morgan fingerprint density at radius 3 is 2.70 bits per heavy atom. The van der Waals surface area contributed by atoms with Gasteiger partial charge in [-0.25, -0.2) is 9.48 Å². The fourth-order valence-electron chi connectivity index (χ4n) is 2.71. The summed E-state index contributed by atoms with van der Waals surface area (Å²) in [4.78, 5) is 25.1. The van der Waals surface area contributed by atoms with E-state index in [-0.39, 0.29) is 23.6 Å². The van der Waals surface area contributed by atoms with E-state index in [1.807, 2.05) is 38.1 Å². The molecule has 7 nitrogen and oxygen atoms in total. The number of aryl methyl sites for hydroxylation is 1. The van der Waals surface area contributed by atoms with Crippen molar-refractivity contribution < 1.29 is 14.7 Å². The van der Waals surface area contributed by atoms with Crippen LogP contribution in [0.2, 0.25) is 0 Å². The minimum atomic E-state index is -1.10. The SMILES string of the molecule is Cc1cccc([C@@H](C)C(=O)N2CC(n3cc(C(=O)O)nn3)C2)c1. The van der Waals surface area contributed by atoms with Gasteiger partial charge in [0.1, 0.15) is 0 Å². The van der Waals surface area contributed by atoms with Crippen molar-refractivity contribution in [2.24, 2.45) is 0 Å². The number of carboxylic acid groups (broad SMARTS) is 1. The van der Waals surface area contributed by atoms with E-state index in [1.165, 1.54) is 10.9 Å². The number of benzene rings is 1. The summed E-state index contributed by atoms with van der Waals surface area (Å²) in [6.07, 6.45) is 1.40. The molecule has 1 aromatic carbocycles. The first-order chi connectivity index (χ1) is 11.0. The number of aromatic nitrogens is 3. The van der Waals surface area contributed by atoms with Crippen LogP contribution in [0.25, 0.3) is 0 Å². The Balaban J connectivity index is 1.62. The Morgan fingerprint density at radius 2 is 2.09 bits per heavy atom. The first-order valence-electron chi connectivity index (χ1n) is 7.46. The Bertz CT molecular complexity index is 749. The van der Waals surface area contributed by atoms with Gasteiger partial charge in [0.15, 0.2) is 5.69 Å². The summed E-state index contributed by atoms with van der Waals surface area (Å²) >= 11 is 0. The van der Waals surface area contributed by atoms with Crippen LogP contribution >= 0.6 is 0 Å². The van der Waals surface area contributed by atoms with Crippen molar-refractivity contribution in [2.75, 3.05) is 13.1 Å². The summed E-state index contributed by atoms with van der Waals surface area (Å²) in [5.41, 5.74) is 2.06. The number of likely N-dealkylation sites (tertiary alicyclic amines) is 1. The zero-order valence-corrected chi connectivity index (χ0v) is 13.0. The second kappa shape index (κ2) is 5.83. The monoisotopic (exact) mass is 314 g/mol. The Kier molecular flexibility index (Phi) is 3.85. The summed E-state index contributed by atoms with van der Waals surface area (Å²) in [6, 6.07) is 7.94. The standard InChI is InChI=1S/C16H18N4O3/c1-10-4-3-5-12(6-10)11(2)15(21)19-7-13(8-19)20-9-14(16(22)23)17-18-20/h3-6,9,11,13H,7-8H2,1-2H3,(H,22,23)/t11-/m1/s1.